The number of nitrogens with zero attached hydrogens (tertiary/aromatic N) is 2. The van der Waals surface area contributed by atoms with E-state index in [1.54, 1.807) is 7.05 Å². The van der Waals surface area contributed by atoms with Gasteiger partial charge in [0.1, 0.15) is 0 Å². The molecule has 4 nitrogen and oxygen atoms in total. The Hall–Kier alpha value is -1.11. The highest BCUT2D eigenvalue weighted by Crippen LogP contribution is 2.39. The van der Waals surface area contributed by atoms with Crippen molar-refractivity contribution in [3.8, 4) is 0 Å². The third-order valence-corrected chi connectivity index (χ3v) is 4.72. The molecule has 2 atom stereocenters. The quantitative estimate of drug-likeness (QED) is 0.813. The van der Waals surface area contributed by atoms with Crippen LogP contribution in [0, 0.1) is 3.57 Å². The molecule has 20 heavy (non-hydrogen) atoms. The number of benzene rings is 1. The first kappa shape index (κ1) is 15.3. The van der Waals surface area contributed by atoms with Crippen molar-refractivity contribution < 1.29 is 4.79 Å². The van der Waals surface area contributed by atoms with E-state index >= 15 is 0 Å². The smallest absolute Gasteiger partial charge is 0.241 e. The third kappa shape index (κ3) is 2.32. The Bertz CT molecular complexity index is 558. The van der Waals surface area contributed by atoms with Crippen LogP contribution < -0.4 is 5.73 Å². The summed E-state index contributed by atoms with van der Waals surface area (Å²) in [6.07, 6.45) is 1.69. The van der Waals surface area contributed by atoms with Gasteiger partial charge in [0.05, 0.1) is 11.5 Å². The van der Waals surface area contributed by atoms with Gasteiger partial charge in [-0.1, -0.05) is 25.5 Å². The zero-order chi connectivity index (χ0) is 14.9. The van der Waals surface area contributed by atoms with Gasteiger partial charge in [0, 0.05) is 10.6 Å². The lowest BCUT2D eigenvalue weighted by atomic mass is 9.70. The normalized spacial score (nSPS) is 26.6. The second-order valence-corrected chi connectivity index (χ2v) is 6.50. The number of carbonyl (C=O) groups excluding carboxylic acids is 1. The minimum absolute atomic E-state index is 0.0429. The van der Waals surface area contributed by atoms with Gasteiger partial charge in [0.2, 0.25) is 5.91 Å². The molecule has 1 aromatic carbocycles. The van der Waals surface area contributed by atoms with Crippen LogP contribution in [-0.2, 0) is 10.2 Å². The van der Waals surface area contributed by atoms with E-state index in [0.717, 1.165) is 22.0 Å². The Morgan fingerprint density at radius 3 is 2.80 bits per heavy atom. The lowest BCUT2D eigenvalue weighted by molar-refractivity contribution is -0.134. The van der Waals surface area contributed by atoms with Crippen LogP contribution in [0.2, 0.25) is 0 Å². The SMILES string of the molecule is CCC[C@]1(c2cccc(I)c2)C(=O)N(C)C(N)=N[C@H]1C. The molecule has 0 radical (unpaired) electrons. The molecule has 0 saturated heterocycles. The van der Waals surface area contributed by atoms with Crippen molar-refractivity contribution in [1.29, 1.82) is 0 Å². The summed E-state index contributed by atoms with van der Waals surface area (Å²) in [5.74, 6) is 0.348. The van der Waals surface area contributed by atoms with Gasteiger partial charge in [-0.15, -0.1) is 0 Å². The monoisotopic (exact) mass is 385 g/mol. The van der Waals surface area contributed by atoms with Crippen molar-refractivity contribution in [3.63, 3.8) is 0 Å². The highest BCUT2D eigenvalue weighted by molar-refractivity contribution is 14.1. The van der Waals surface area contributed by atoms with E-state index in [9.17, 15) is 4.79 Å². The van der Waals surface area contributed by atoms with Crippen molar-refractivity contribution in [2.24, 2.45) is 10.7 Å². The maximum Gasteiger partial charge on any atom is 0.241 e. The highest BCUT2D eigenvalue weighted by Gasteiger charge is 2.49. The van der Waals surface area contributed by atoms with Crippen molar-refractivity contribution in [2.45, 2.75) is 38.1 Å². The Balaban J connectivity index is 2.63. The number of guanidine groups is 1. The average molecular weight is 385 g/mol. The van der Waals surface area contributed by atoms with Crippen LogP contribution in [0.15, 0.2) is 29.3 Å². The number of likely N-dealkylation sites (N-methyl/N-ethyl adjacent to an activating group) is 1. The van der Waals surface area contributed by atoms with Crippen LogP contribution >= 0.6 is 22.6 Å². The number of nitrogens with two attached hydrogens (primary N) is 1. The van der Waals surface area contributed by atoms with Crippen LogP contribution in [-0.4, -0.2) is 29.9 Å². The van der Waals surface area contributed by atoms with E-state index in [2.05, 4.69) is 40.6 Å². The largest absolute Gasteiger partial charge is 0.369 e. The van der Waals surface area contributed by atoms with Gasteiger partial charge in [0.15, 0.2) is 5.96 Å². The predicted molar refractivity (Wildman–Crippen MR) is 89.6 cm³/mol. The molecule has 5 heteroatoms. The number of halogens is 1. The molecule has 1 amide bonds. The van der Waals surface area contributed by atoms with E-state index < -0.39 is 5.41 Å². The fourth-order valence-electron chi connectivity index (χ4n) is 2.96. The Kier molecular flexibility index (Phi) is 4.36. The van der Waals surface area contributed by atoms with Crippen LogP contribution in [0.4, 0.5) is 0 Å². The summed E-state index contributed by atoms with van der Waals surface area (Å²) in [5.41, 5.74) is 6.27. The first-order valence-electron chi connectivity index (χ1n) is 6.81. The summed E-state index contributed by atoms with van der Waals surface area (Å²) in [4.78, 5) is 18.9. The molecule has 108 valence electrons. The summed E-state index contributed by atoms with van der Waals surface area (Å²) in [7, 11) is 1.70. The van der Waals surface area contributed by atoms with E-state index in [0.29, 0.717) is 5.96 Å². The minimum Gasteiger partial charge on any atom is -0.369 e. The van der Waals surface area contributed by atoms with Crippen molar-refractivity contribution in [1.82, 2.24) is 4.90 Å². The number of hydrogen-bond donors (Lipinski definition) is 1. The molecule has 0 fully saturated rings. The zero-order valence-electron chi connectivity index (χ0n) is 12.1. The Morgan fingerprint density at radius 1 is 1.50 bits per heavy atom. The molecule has 0 unspecified atom stereocenters. The molecule has 1 aliphatic heterocycles. The van der Waals surface area contributed by atoms with Crippen LogP contribution in [0.25, 0.3) is 0 Å². The molecule has 0 saturated carbocycles. The van der Waals surface area contributed by atoms with E-state index in [1.165, 1.54) is 4.90 Å². The summed E-state index contributed by atoms with van der Waals surface area (Å²) < 4.78 is 1.13. The van der Waals surface area contributed by atoms with Crippen molar-refractivity contribution >= 4 is 34.5 Å². The topological polar surface area (TPSA) is 58.7 Å². The van der Waals surface area contributed by atoms with E-state index in [1.807, 2.05) is 25.1 Å². The number of rotatable bonds is 3. The second-order valence-electron chi connectivity index (χ2n) is 5.26. The number of amides is 1. The molecule has 2 N–H and O–H groups in total. The van der Waals surface area contributed by atoms with Gasteiger partial charge >= 0.3 is 0 Å². The van der Waals surface area contributed by atoms with Gasteiger partial charge < -0.3 is 5.73 Å². The predicted octanol–water partition coefficient (Wildman–Crippen LogP) is 2.50. The standard InChI is InChI=1S/C15H20IN3O/c1-4-8-15(11-6-5-7-12(16)9-11)10(2)18-14(17)19(3)13(15)20/h5-7,9-10H,4,8H2,1-3H3,(H2,17,18)/t10-,15-/m0/s1. The fourth-order valence-corrected chi connectivity index (χ4v) is 3.51. The number of carbonyl (C=O) groups is 1. The average Bonchev–Trinajstić information content (AvgIpc) is 2.41. The van der Waals surface area contributed by atoms with Gasteiger partial charge in [-0.3, -0.25) is 9.69 Å². The summed E-state index contributed by atoms with van der Waals surface area (Å²) in [5, 5.41) is 0. The lowest BCUT2D eigenvalue weighted by Gasteiger charge is -2.42. The van der Waals surface area contributed by atoms with Gasteiger partial charge in [0.25, 0.3) is 0 Å². The lowest BCUT2D eigenvalue weighted by Crippen LogP contribution is -2.58. The van der Waals surface area contributed by atoms with Crippen LogP contribution in [0.3, 0.4) is 0 Å². The molecule has 1 aromatic rings. The fraction of sp³-hybridized carbons (Fsp3) is 0.467. The van der Waals surface area contributed by atoms with Crippen molar-refractivity contribution in [2.75, 3.05) is 7.05 Å². The molecule has 1 heterocycles. The van der Waals surface area contributed by atoms with Gasteiger partial charge in [-0.05, 0) is 53.6 Å². The molecular weight excluding hydrogens is 365 g/mol. The molecule has 0 aromatic heterocycles. The number of aliphatic imine (C=N–C) groups is 1. The van der Waals surface area contributed by atoms with Crippen LogP contribution in [0.1, 0.15) is 32.3 Å². The summed E-state index contributed by atoms with van der Waals surface area (Å²) in [6, 6.07) is 7.98. The maximum absolute atomic E-state index is 12.9. The van der Waals surface area contributed by atoms with Gasteiger partial charge in [-0.2, -0.15) is 0 Å². The first-order chi connectivity index (χ1) is 9.43. The molecule has 1 aliphatic rings. The summed E-state index contributed by atoms with van der Waals surface area (Å²) >= 11 is 2.27. The van der Waals surface area contributed by atoms with E-state index in [4.69, 9.17) is 5.73 Å². The Morgan fingerprint density at radius 2 is 2.20 bits per heavy atom. The molecule has 2 rings (SSSR count). The second kappa shape index (κ2) is 5.71. The van der Waals surface area contributed by atoms with Crippen LogP contribution in [0.5, 0.6) is 0 Å². The zero-order valence-corrected chi connectivity index (χ0v) is 14.2. The third-order valence-electron chi connectivity index (χ3n) is 4.05. The molecule has 0 aliphatic carbocycles. The minimum atomic E-state index is -0.604. The molecular formula is C15H20IN3O. The first-order valence-corrected chi connectivity index (χ1v) is 7.88. The number of hydrogen-bond acceptors (Lipinski definition) is 3. The maximum atomic E-state index is 12.9. The Labute approximate surface area is 133 Å². The molecule has 0 spiro atoms. The van der Waals surface area contributed by atoms with E-state index in [-0.39, 0.29) is 11.9 Å². The summed E-state index contributed by atoms with van der Waals surface area (Å²) in [6.45, 7) is 4.07. The highest BCUT2D eigenvalue weighted by atomic mass is 127. The van der Waals surface area contributed by atoms with Crippen molar-refractivity contribution in [3.05, 3.63) is 33.4 Å². The molecule has 0 bridgehead atoms. The van der Waals surface area contributed by atoms with Gasteiger partial charge in [-0.25, -0.2) is 4.99 Å².